The summed E-state index contributed by atoms with van der Waals surface area (Å²) >= 11 is 0.902. The monoisotopic (exact) mass is 973 g/mol. The number of carboxylic acid groups (broad SMARTS) is 1. The van der Waals surface area contributed by atoms with Gasteiger partial charge in [-0.1, -0.05) is 40.5 Å². The van der Waals surface area contributed by atoms with E-state index in [1.165, 1.54) is 12.1 Å². The highest BCUT2D eigenvalue weighted by Gasteiger charge is 2.44. The van der Waals surface area contributed by atoms with Gasteiger partial charge in [0.1, 0.15) is 36.3 Å². The van der Waals surface area contributed by atoms with E-state index < -0.39 is 139 Å². The first kappa shape index (κ1) is 51.7. The molecule has 5 rings (SSSR count). The second-order valence-corrected chi connectivity index (χ2v) is 17.9. The maximum absolute atomic E-state index is 14.5. The summed E-state index contributed by atoms with van der Waals surface area (Å²) < 4.78 is 0. The smallest absolute Gasteiger partial charge is 0.305 e. The van der Waals surface area contributed by atoms with Crippen molar-refractivity contribution in [3.05, 3.63) is 23.3 Å². The average Bonchev–Trinajstić information content (AvgIpc) is 3.85. The van der Waals surface area contributed by atoms with E-state index in [-0.39, 0.29) is 46.0 Å². The van der Waals surface area contributed by atoms with E-state index in [0.29, 0.717) is 24.6 Å². The minimum Gasteiger partial charge on any atom is -0.481 e. The van der Waals surface area contributed by atoms with Crippen LogP contribution in [0.4, 0.5) is 5.69 Å². The standard InChI is InChI=1S/C41H56N11O13PS/c1-5-17(3)32-38(63)43-12-29(55)45-27-15-67-40-21(20-8-23(44-16-53)22(34(59)51-66)10-24(20)48-40)9-25(35(60)42-13-30(56)49-32)46-39(64)33(18(4)6-2)50-37(62)28-7-19(54)14-52(28)41(65)26(11-31(57)58)47-36(27)61/h8,10,16-19,25-28,32-33,48,54H,5-7,9,11-15,66H2,1-4H3,(H,42,60)(H,43,63)(H,44,53)(H,45,55)(H,46,64)(H,47,61)(H,49,56)(H,50,62)(H,51,59)(H,57,58)/t17-,18?,19+,25-,26-,27-,28-,32-,33-/m0/s1. The second-order valence-electron chi connectivity index (χ2n) is 16.6. The first-order chi connectivity index (χ1) is 31.8. The number of carboxylic acids is 1. The Kier molecular flexibility index (Phi) is 17.7. The number of nitrogens with zero attached hydrogens (tertiary/aromatic N) is 1. The van der Waals surface area contributed by atoms with Crippen molar-refractivity contribution < 1.29 is 63.0 Å². The van der Waals surface area contributed by atoms with Crippen molar-refractivity contribution in [3.63, 3.8) is 0 Å². The second kappa shape index (κ2) is 22.9. The predicted octanol–water partition coefficient (Wildman–Crippen LogP) is -2.90. The molecule has 1 saturated heterocycles. The summed E-state index contributed by atoms with van der Waals surface area (Å²) in [6.07, 6.45) is -1.92. The number of hydrogen-bond donors (Lipinski definition) is 12. The third-order valence-electron chi connectivity index (χ3n) is 12.0. The van der Waals surface area contributed by atoms with Gasteiger partial charge in [0.05, 0.1) is 41.9 Å². The molecule has 3 aliphatic rings. The molecule has 26 heteroatoms. The molecule has 0 aliphatic carbocycles. The highest BCUT2D eigenvalue weighted by Crippen LogP contribution is 2.35. The van der Waals surface area contributed by atoms with Gasteiger partial charge < -0.3 is 67.7 Å². The summed E-state index contributed by atoms with van der Waals surface area (Å²) in [7, 11) is 2.05. The van der Waals surface area contributed by atoms with Gasteiger partial charge in [-0.25, -0.2) is 0 Å². The summed E-state index contributed by atoms with van der Waals surface area (Å²) in [6.45, 7) is 4.98. The molecule has 2 bridgehead atoms. The van der Waals surface area contributed by atoms with Crippen LogP contribution in [0.25, 0.3) is 10.9 Å². The van der Waals surface area contributed by atoms with E-state index in [4.69, 9.17) is 0 Å². The number of anilines is 1. The van der Waals surface area contributed by atoms with Gasteiger partial charge in [0, 0.05) is 36.0 Å². The lowest BCUT2D eigenvalue weighted by molar-refractivity contribution is -0.146. The Labute approximate surface area is 390 Å². The molecule has 10 atom stereocenters. The molecule has 2 unspecified atom stereocenters. The van der Waals surface area contributed by atoms with Crippen LogP contribution in [-0.2, 0) is 54.4 Å². The van der Waals surface area contributed by atoms with Gasteiger partial charge in [-0.15, -0.1) is 11.8 Å². The summed E-state index contributed by atoms with van der Waals surface area (Å²) in [5.74, 6) is -10.9. The number of nitrogens with one attached hydrogen (secondary N) is 10. The molecule has 24 nitrogen and oxygen atoms in total. The highest BCUT2D eigenvalue weighted by molar-refractivity contribution is 7.99. The Morgan fingerprint density at radius 2 is 1.49 bits per heavy atom. The minimum atomic E-state index is -1.85. The highest BCUT2D eigenvalue weighted by atomic mass is 32.2. The number of fused-ring (bicyclic) bond motifs is 5. The third-order valence-corrected chi connectivity index (χ3v) is 13.4. The van der Waals surface area contributed by atoms with Gasteiger partial charge in [-0.2, -0.15) is 0 Å². The Hall–Kier alpha value is -6.33. The van der Waals surface area contributed by atoms with Gasteiger partial charge in [-0.3, -0.25) is 52.7 Å². The van der Waals surface area contributed by atoms with Crippen molar-refractivity contribution in [1.82, 2.24) is 52.2 Å². The van der Waals surface area contributed by atoms with Crippen molar-refractivity contribution in [2.75, 3.05) is 30.7 Å². The average molecular weight is 974 g/mol. The third kappa shape index (κ3) is 12.6. The number of aliphatic carboxylic acids is 1. The molecular formula is C41H56N11O13PS. The Morgan fingerprint density at radius 1 is 0.851 bits per heavy atom. The molecular weight excluding hydrogens is 918 g/mol. The Bertz CT molecular complexity index is 2310. The van der Waals surface area contributed by atoms with E-state index in [9.17, 15) is 63.0 Å². The predicted molar refractivity (Wildman–Crippen MR) is 243 cm³/mol. The van der Waals surface area contributed by atoms with Crippen molar-refractivity contribution in [2.24, 2.45) is 11.8 Å². The van der Waals surface area contributed by atoms with Crippen molar-refractivity contribution >= 4 is 103 Å². The van der Waals surface area contributed by atoms with E-state index >= 15 is 0 Å². The molecule has 10 amide bonds. The molecule has 0 saturated carbocycles. The van der Waals surface area contributed by atoms with Gasteiger partial charge in [0.2, 0.25) is 53.7 Å². The van der Waals surface area contributed by atoms with Crippen molar-refractivity contribution in [1.29, 1.82) is 0 Å². The number of benzene rings is 1. The molecule has 1 aromatic carbocycles. The Morgan fingerprint density at radius 3 is 2.12 bits per heavy atom. The van der Waals surface area contributed by atoms with Crippen LogP contribution in [0.3, 0.4) is 0 Å². The van der Waals surface area contributed by atoms with Crippen LogP contribution in [0.5, 0.6) is 0 Å². The van der Waals surface area contributed by atoms with Crippen molar-refractivity contribution in [2.45, 2.75) is 107 Å². The molecule has 4 heterocycles. The first-order valence-electron chi connectivity index (χ1n) is 21.6. The number of aromatic nitrogens is 1. The lowest BCUT2D eigenvalue weighted by Gasteiger charge is -2.31. The van der Waals surface area contributed by atoms with Gasteiger partial charge in [-0.05, 0) is 38.9 Å². The topological polar surface area (TPSA) is 356 Å². The molecule has 67 heavy (non-hydrogen) atoms. The number of amides is 10. The largest absolute Gasteiger partial charge is 0.481 e. The summed E-state index contributed by atoms with van der Waals surface area (Å²) in [4.78, 5) is 153. The van der Waals surface area contributed by atoms with Crippen LogP contribution in [0.2, 0.25) is 0 Å². The number of carbonyl (C=O) groups excluding carboxylic acids is 10. The number of aliphatic hydroxyl groups excluding tert-OH is 1. The number of carbonyl (C=O) groups is 11. The molecule has 364 valence electrons. The van der Waals surface area contributed by atoms with Gasteiger partial charge >= 0.3 is 5.97 Å². The lowest BCUT2D eigenvalue weighted by atomic mass is 9.96. The molecule has 2 aromatic rings. The van der Waals surface area contributed by atoms with Crippen LogP contribution in [0.1, 0.15) is 69.3 Å². The number of rotatable bonds is 9. The molecule has 3 aliphatic heterocycles. The maximum atomic E-state index is 14.5. The maximum Gasteiger partial charge on any atom is 0.305 e. The Balaban J connectivity index is 1.76. The number of thioether (sulfide) groups is 1. The summed E-state index contributed by atoms with van der Waals surface area (Å²) in [5, 5.41) is 43.8. The normalized spacial score (nSPS) is 25.9. The lowest BCUT2D eigenvalue weighted by Crippen LogP contribution is -2.61. The minimum absolute atomic E-state index is 0.000151. The molecule has 1 aromatic heterocycles. The zero-order valence-corrected chi connectivity index (χ0v) is 39.1. The fourth-order valence-electron chi connectivity index (χ4n) is 7.92. The van der Waals surface area contributed by atoms with E-state index in [1.807, 2.05) is 0 Å². The summed E-state index contributed by atoms with van der Waals surface area (Å²) in [6, 6.07) is -6.19. The van der Waals surface area contributed by atoms with Crippen LogP contribution in [0.15, 0.2) is 17.2 Å². The quantitative estimate of drug-likeness (QED) is 0.0887. The first-order valence-corrected chi connectivity index (χ1v) is 23.1. The SMILES string of the molecule is CCC(C)[C@@H]1NC(=O)[C@@H]2C[C@@H](O)CN2C(=O)[C@H](CC(=O)O)NC(=O)[C@@H]2CSc3[nH]c4cc(C(=O)NP)c(NC=O)cc4c3C[C@H](NC1=O)C(=O)NCC(=O)N[C@@H]([C@@H](C)CC)C(=O)NCC(=O)N2. The number of H-pyrrole nitrogens is 1. The molecule has 12 N–H and O–H groups in total. The number of hydrogen-bond acceptors (Lipinski definition) is 13. The molecule has 1 fully saturated rings. The zero-order chi connectivity index (χ0) is 49.3. The number of aliphatic hydroxyl groups is 1. The van der Waals surface area contributed by atoms with Gasteiger partial charge in [0.15, 0.2) is 0 Å². The van der Waals surface area contributed by atoms with Gasteiger partial charge in [0.25, 0.3) is 5.91 Å². The van der Waals surface area contributed by atoms with Crippen LogP contribution >= 0.6 is 21.2 Å². The molecule has 0 spiro atoms. The fraction of sp³-hybridized carbons (Fsp3) is 0.537. The van der Waals surface area contributed by atoms with E-state index in [2.05, 4.69) is 62.0 Å². The van der Waals surface area contributed by atoms with Crippen LogP contribution < -0.4 is 47.6 Å². The molecule has 0 radical (unpaired) electrons. The van der Waals surface area contributed by atoms with Crippen molar-refractivity contribution in [3.8, 4) is 0 Å². The zero-order valence-electron chi connectivity index (χ0n) is 37.1. The van der Waals surface area contributed by atoms with E-state index in [1.54, 1.807) is 27.7 Å². The number of aromatic amines is 1. The van der Waals surface area contributed by atoms with E-state index in [0.717, 1.165) is 16.7 Å². The van der Waals surface area contributed by atoms with Crippen LogP contribution in [-0.4, -0.2) is 153 Å². The fourth-order valence-corrected chi connectivity index (χ4v) is 9.19. The summed E-state index contributed by atoms with van der Waals surface area (Å²) in [5.41, 5.74) is 0.571. The van der Waals surface area contributed by atoms with Crippen LogP contribution in [0, 0.1) is 11.8 Å².